The first-order chi connectivity index (χ1) is 11.6. The molecule has 2 nitrogen and oxygen atoms in total. The lowest BCUT2D eigenvalue weighted by molar-refractivity contribution is 0.445. The lowest BCUT2D eigenvalue weighted by Gasteiger charge is -2.36. The fourth-order valence-corrected chi connectivity index (χ4v) is 4.70. The van der Waals surface area contributed by atoms with E-state index in [1.165, 1.54) is 34.5 Å². The van der Waals surface area contributed by atoms with Gasteiger partial charge in [0.25, 0.3) is 0 Å². The smallest absolute Gasteiger partial charge is 0.0431 e. The maximum absolute atomic E-state index is 2.64. The van der Waals surface area contributed by atoms with Crippen molar-refractivity contribution in [2.75, 3.05) is 30.4 Å². The molecule has 3 rings (SSSR count). The zero-order valence-electron chi connectivity index (χ0n) is 16.9. The highest BCUT2D eigenvalue weighted by Crippen LogP contribution is 2.47. The van der Waals surface area contributed by atoms with Gasteiger partial charge in [-0.2, -0.15) is 0 Å². The Kier molecular flexibility index (Phi) is 4.35. The van der Waals surface area contributed by atoms with E-state index in [1.54, 1.807) is 0 Å². The van der Waals surface area contributed by atoms with E-state index in [4.69, 9.17) is 0 Å². The van der Waals surface area contributed by atoms with Crippen LogP contribution in [0.15, 0.2) is 42.5 Å². The second-order valence-corrected chi connectivity index (χ2v) is 8.82. The first kappa shape index (κ1) is 17.8. The monoisotopic (exact) mass is 336 g/mol. The van der Waals surface area contributed by atoms with Gasteiger partial charge in [-0.1, -0.05) is 37.3 Å². The summed E-state index contributed by atoms with van der Waals surface area (Å²) in [5.41, 5.74) is 7.20. The van der Waals surface area contributed by atoms with Gasteiger partial charge in [0, 0.05) is 43.0 Å². The van der Waals surface area contributed by atoms with Gasteiger partial charge >= 0.3 is 0 Å². The van der Waals surface area contributed by atoms with Crippen LogP contribution in [0.4, 0.5) is 11.4 Å². The molecule has 0 saturated carbocycles. The van der Waals surface area contributed by atoms with Crippen molar-refractivity contribution in [1.82, 2.24) is 0 Å². The van der Waals surface area contributed by atoms with E-state index in [0.717, 1.165) is 6.54 Å². The summed E-state index contributed by atoms with van der Waals surface area (Å²) < 4.78 is 0. The van der Waals surface area contributed by atoms with E-state index in [2.05, 4.69) is 101 Å². The maximum Gasteiger partial charge on any atom is 0.0431 e. The van der Waals surface area contributed by atoms with Gasteiger partial charge in [0.1, 0.15) is 0 Å². The van der Waals surface area contributed by atoms with Crippen molar-refractivity contribution in [2.45, 2.75) is 52.0 Å². The number of benzene rings is 2. The number of hydrogen-bond donors (Lipinski definition) is 0. The lowest BCUT2D eigenvalue weighted by atomic mass is 9.78. The number of hydrogen-bond acceptors (Lipinski definition) is 2. The van der Waals surface area contributed by atoms with Gasteiger partial charge in [0.05, 0.1) is 0 Å². The van der Waals surface area contributed by atoms with Gasteiger partial charge in [0.2, 0.25) is 0 Å². The molecule has 0 aromatic heterocycles. The number of aryl methyl sites for hydroxylation is 2. The number of rotatable bonds is 3. The second kappa shape index (κ2) is 6.09. The molecular formula is C23H32N2. The van der Waals surface area contributed by atoms with Crippen LogP contribution in [0.1, 0.15) is 43.9 Å². The molecule has 1 atom stereocenters. The Hall–Kier alpha value is -1.96. The van der Waals surface area contributed by atoms with Crippen molar-refractivity contribution in [3.05, 3.63) is 59.2 Å². The van der Waals surface area contributed by atoms with Crippen LogP contribution in [-0.4, -0.2) is 26.2 Å². The van der Waals surface area contributed by atoms with Crippen molar-refractivity contribution in [2.24, 2.45) is 0 Å². The summed E-state index contributed by atoms with van der Waals surface area (Å²) in [6, 6.07) is 15.6. The van der Waals surface area contributed by atoms with Crippen LogP contribution in [0.5, 0.6) is 0 Å². The van der Waals surface area contributed by atoms with Crippen LogP contribution < -0.4 is 9.80 Å². The summed E-state index contributed by atoms with van der Waals surface area (Å²) in [5.74, 6) is 0. The first-order valence-corrected chi connectivity index (χ1v) is 9.26. The minimum absolute atomic E-state index is 0.139. The maximum atomic E-state index is 2.64. The highest BCUT2D eigenvalue weighted by Gasteiger charge is 2.47. The summed E-state index contributed by atoms with van der Waals surface area (Å²) in [5, 5.41) is 0. The summed E-state index contributed by atoms with van der Waals surface area (Å²) in [6.07, 6.45) is 1.17. The average molecular weight is 337 g/mol. The topological polar surface area (TPSA) is 6.48 Å². The summed E-state index contributed by atoms with van der Waals surface area (Å²) in [7, 11) is 4.22. The van der Waals surface area contributed by atoms with E-state index in [0.29, 0.717) is 0 Å². The van der Waals surface area contributed by atoms with Crippen LogP contribution in [-0.2, 0) is 5.41 Å². The molecule has 2 heteroatoms. The molecule has 2 aromatic rings. The van der Waals surface area contributed by atoms with Crippen molar-refractivity contribution >= 4 is 11.4 Å². The van der Waals surface area contributed by atoms with Crippen LogP contribution in [0.3, 0.4) is 0 Å². The van der Waals surface area contributed by atoms with E-state index in [9.17, 15) is 0 Å². The molecule has 1 saturated heterocycles. The summed E-state index contributed by atoms with van der Waals surface area (Å²) >= 11 is 0. The zero-order valence-corrected chi connectivity index (χ0v) is 16.9. The molecule has 134 valence electrons. The Labute approximate surface area is 153 Å². The predicted molar refractivity (Wildman–Crippen MR) is 110 cm³/mol. The van der Waals surface area contributed by atoms with Crippen molar-refractivity contribution in [3.63, 3.8) is 0 Å². The van der Waals surface area contributed by atoms with E-state index < -0.39 is 0 Å². The highest BCUT2D eigenvalue weighted by atomic mass is 15.2. The fraction of sp³-hybridized carbons (Fsp3) is 0.478. The molecule has 0 N–H and O–H groups in total. The fourth-order valence-electron chi connectivity index (χ4n) is 4.70. The van der Waals surface area contributed by atoms with Crippen LogP contribution in [0.25, 0.3) is 0 Å². The average Bonchev–Trinajstić information content (AvgIpc) is 2.78. The lowest BCUT2D eigenvalue weighted by Crippen LogP contribution is -2.39. The van der Waals surface area contributed by atoms with Gasteiger partial charge in [-0.15, -0.1) is 0 Å². The van der Waals surface area contributed by atoms with Gasteiger partial charge in [-0.25, -0.2) is 0 Å². The van der Waals surface area contributed by atoms with Gasteiger partial charge < -0.3 is 9.80 Å². The second-order valence-electron chi connectivity index (χ2n) is 8.82. The molecule has 0 bridgehead atoms. The molecule has 1 unspecified atom stereocenters. The van der Waals surface area contributed by atoms with Gasteiger partial charge in [-0.05, 0) is 62.9 Å². The summed E-state index contributed by atoms with van der Waals surface area (Å²) in [6.45, 7) is 12.8. The van der Waals surface area contributed by atoms with Crippen molar-refractivity contribution < 1.29 is 0 Å². The Bertz CT molecular complexity index is 738. The Balaban J connectivity index is 2.04. The molecule has 2 aromatic carbocycles. The van der Waals surface area contributed by atoms with Crippen LogP contribution in [0, 0.1) is 13.8 Å². The van der Waals surface area contributed by atoms with Crippen LogP contribution in [0.2, 0.25) is 0 Å². The Morgan fingerprint density at radius 2 is 1.48 bits per heavy atom. The van der Waals surface area contributed by atoms with E-state index in [1.807, 2.05) is 0 Å². The normalized spacial score (nSPS) is 22.3. The quantitative estimate of drug-likeness (QED) is 0.749. The number of anilines is 2. The minimum Gasteiger partial charge on any atom is -0.378 e. The van der Waals surface area contributed by atoms with Crippen LogP contribution >= 0.6 is 0 Å². The standard InChI is InChI=1S/C23H32N2/c1-17-13-20(24(6)7)14-18(2)21(17)25-16-23(5,15-22(25,3)4)19-11-9-8-10-12-19/h8-14H,15-16H2,1-7H3. The molecule has 0 aliphatic carbocycles. The molecule has 0 amide bonds. The van der Waals surface area contributed by atoms with Gasteiger partial charge in [0.15, 0.2) is 0 Å². The Morgan fingerprint density at radius 1 is 0.920 bits per heavy atom. The van der Waals surface area contributed by atoms with Gasteiger partial charge in [-0.3, -0.25) is 0 Å². The molecular weight excluding hydrogens is 304 g/mol. The first-order valence-electron chi connectivity index (χ1n) is 9.26. The molecule has 0 spiro atoms. The minimum atomic E-state index is 0.139. The highest BCUT2D eigenvalue weighted by molar-refractivity contribution is 5.68. The summed E-state index contributed by atoms with van der Waals surface area (Å²) in [4.78, 5) is 4.83. The third-order valence-electron chi connectivity index (χ3n) is 5.79. The Morgan fingerprint density at radius 3 is 2.00 bits per heavy atom. The van der Waals surface area contributed by atoms with E-state index >= 15 is 0 Å². The SMILES string of the molecule is Cc1cc(N(C)C)cc(C)c1N1CC(C)(c2ccccc2)CC1(C)C. The third kappa shape index (κ3) is 3.15. The largest absolute Gasteiger partial charge is 0.378 e. The number of nitrogens with zero attached hydrogens (tertiary/aromatic N) is 2. The molecule has 1 aliphatic heterocycles. The zero-order chi connectivity index (χ0) is 18.4. The molecule has 1 fully saturated rings. The predicted octanol–water partition coefficient (Wildman–Crippen LogP) is 5.32. The van der Waals surface area contributed by atoms with E-state index in [-0.39, 0.29) is 11.0 Å². The molecule has 0 radical (unpaired) electrons. The van der Waals surface area contributed by atoms with Crippen molar-refractivity contribution in [1.29, 1.82) is 0 Å². The third-order valence-corrected chi connectivity index (χ3v) is 5.79. The molecule has 25 heavy (non-hydrogen) atoms. The van der Waals surface area contributed by atoms with Crippen molar-refractivity contribution in [3.8, 4) is 0 Å². The molecule has 1 aliphatic rings. The molecule has 1 heterocycles.